The molecule has 0 amide bonds. The molecular formula is C18H14ClF2N3OS. The fourth-order valence-electron chi connectivity index (χ4n) is 3.16. The van der Waals surface area contributed by atoms with Crippen LogP contribution >= 0.6 is 23.4 Å². The second-order valence-electron chi connectivity index (χ2n) is 5.94. The second kappa shape index (κ2) is 6.64. The van der Waals surface area contributed by atoms with Crippen LogP contribution in [0.5, 0.6) is 0 Å². The van der Waals surface area contributed by atoms with E-state index in [1.165, 1.54) is 30.2 Å². The predicted octanol–water partition coefficient (Wildman–Crippen LogP) is 4.60. The van der Waals surface area contributed by atoms with Crippen LogP contribution in [-0.4, -0.2) is 21.0 Å². The van der Waals surface area contributed by atoms with Crippen molar-refractivity contribution in [3.8, 4) is 0 Å². The van der Waals surface area contributed by atoms with Crippen molar-refractivity contribution >= 4 is 23.4 Å². The number of hydrogen-bond acceptors (Lipinski definition) is 4. The van der Waals surface area contributed by atoms with E-state index in [-0.39, 0.29) is 12.1 Å². The summed E-state index contributed by atoms with van der Waals surface area (Å²) in [6.07, 6.45) is 2.85. The second-order valence-corrected chi connectivity index (χ2v) is 7.12. The van der Waals surface area contributed by atoms with Crippen molar-refractivity contribution in [2.45, 2.75) is 23.4 Å². The SMILES string of the molecule is CSc1ncnn1C[C@]1(c2ccc(F)cc2F)O[C@@H]1c1ccccc1Cl. The Hall–Kier alpha value is -1.96. The number of hydrogen-bond donors (Lipinski definition) is 0. The Morgan fingerprint density at radius 1 is 1.27 bits per heavy atom. The molecule has 0 spiro atoms. The van der Waals surface area contributed by atoms with Crippen molar-refractivity contribution < 1.29 is 13.5 Å². The van der Waals surface area contributed by atoms with Crippen molar-refractivity contribution in [1.82, 2.24) is 14.8 Å². The molecule has 0 saturated carbocycles. The zero-order valence-electron chi connectivity index (χ0n) is 13.7. The molecule has 1 aromatic heterocycles. The van der Waals surface area contributed by atoms with Crippen molar-refractivity contribution in [3.05, 3.63) is 76.6 Å². The van der Waals surface area contributed by atoms with Crippen LogP contribution < -0.4 is 0 Å². The van der Waals surface area contributed by atoms with Crippen LogP contribution in [0, 0.1) is 11.6 Å². The highest BCUT2D eigenvalue weighted by Crippen LogP contribution is 2.59. The molecule has 1 fully saturated rings. The zero-order chi connectivity index (χ0) is 18.3. The van der Waals surface area contributed by atoms with Gasteiger partial charge < -0.3 is 4.74 Å². The molecule has 2 heterocycles. The Morgan fingerprint density at radius 3 is 2.81 bits per heavy atom. The van der Waals surface area contributed by atoms with E-state index in [9.17, 15) is 8.78 Å². The van der Waals surface area contributed by atoms with Crippen molar-refractivity contribution in [3.63, 3.8) is 0 Å². The average molecular weight is 394 g/mol. The molecule has 1 aliphatic heterocycles. The summed E-state index contributed by atoms with van der Waals surface area (Å²) < 4.78 is 35.7. The molecule has 134 valence electrons. The van der Waals surface area contributed by atoms with Crippen LogP contribution in [0.25, 0.3) is 0 Å². The van der Waals surface area contributed by atoms with E-state index in [4.69, 9.17) is 16.3 Å². The maximum atomic E-state index is 14.6. The number of epoxide rings is 1. The Kier molecular flexibility index (Phi) is 4.46. The Labute approximate surface area is 158 Å². The van der Waals surface area contributed by atoms with Gasteiger partial charge in [0.2, 0.25) is 0 Å². The van der Waals surface area contributed by atoms with Gasteiger partial charge in [-0.25, -0.2) is 18.4 Å². The number of thioether (sulfide) groups is 1. The van der Waals surface area contributed by atoms with E-state index in [1.54, 1.807) is 10.7 Å². The lowest BCUT2D eigenvalue weighted by atomic mass is 9.91. The van der Waals surface area contributed by atoms with Gasteiger partial charge in [-0.05, 0) is 18.4 Å². The highest BCUT2D eigenvalue weighted by molar-refractivity contribution is 7.98. The third-order valence-corrected chi connectivity index (χ3v) is 5.44. The quantitative estimate of drug-likeness (QED) is 0.469. The van der Waals surface area contributed by atoms with Gasteiger partial charge >= 0.3 is 0 Å². The first-order chi connectivity index (χ1) is 12.5. The van der Waals surface area contributed by atoms with Crippen LogP contribution in [0.4, 0.5) is 8.78 Å². The molecule has 26 heavy (non-hydrogen) atoms. The monoisotopic (exact) mass is 393 g/mol. The number of aromatic nitrogens is 3. The summed E-state index contributed by atoms with van der Waals surface area (Å²) in [5.74, 6) is -1.30. The number of benzene rings is 2. The lowest BCUT2D eigenvalue weighted by molar-refractivity contribution is 0.250. The van der Waals surface area contributed by atoms with Crippen LogP contribution in [-0.2, 0) is 16.9 Å². The molecular weight excluding hydrogens is 380 g/mol. The van der Waals surface area contributed by atoms with Gasteiger partial charge in [0.25, 0.3) is 0 Å². The van der Waals surface area contributed by atoms with E-state index in [0.717, 1.165) is 11.6 Å². The van der Waals surface area contributed by atoms with Crippen molar-refractivity contribution in [2.24, 2.45) is 0 Å². The molecule has 2 atom stereocenters. The molecule has 2 aromatic carbocycles. The minimum absolute atomic E-state index is 0.238. The summed E-state index contributed by atoms with van der Waals surface area (Å²) in [5.41, 5.74) is -0.00361. The van der Waals surface area contributed by atoms with Gasteiger partial charge in [-0.2, -0.15) is 5.10 Å². The van der Waals surface area contributed by atoms with Gasteiger partial charge in [-0.15, -0.1) is 0 Å². The lowest BCUT2D eigenvalue weighted by Gasteiger charge is -2.16. The van der Waals surface area contributed by atoms with Crippen LogP contribution in [0.2, 0.25) is 5.02 Å². The highest BCUT2D eigenvalue weighted by atomic mass is 35.5. The van der Waals surface area contributed by atoms with Crippen LogP contribution in [0.15, 0.2) is 53.9 Å². The molecule has 4 nitrogen and oxygen atoms in total. The molecule has 0 aliphatic carbocycles. The Balaban J connectivity index is 1.80. The lowest BCUT2D eigenvalue weighted by Crippen LogP contribution is -2.22. The van der Waals surface area contributed by atoms with Gasteiger partial charge in [0, 0.05) is 22.2 Å². The maximum Gasteiger partial charge on any atom is 0.185 e. The summed E-state index contributed by atoms with van der Waals surface area (Å²) in [7, 11) is 0. The van der Waals surface area contributed by atoms with E-state index in [1.807, 2.05) is 24.5 Å². The summed E-state index contributed by atoms with van der Waals surface area (Å²) in [4.78, 5) is 4.17. The van der Waals surface area contributed by atoms with Crippen LogP contribution in [0.3, 0.4) is 0 Å². The number of nitrogens with zero attached hydrogens (tertiary/aromatic N) is 3. The van der Waals surface area contributed by atoms with E-state index in [2.05, 4.69) is 10.1 Å². The molecule has 3 aromatic rings. The first-order valence-electron chi connectivity index (χ1n) is 7.85. The third-order valence-electron chi connectivity index (χ3n) is 4.42. The smallest absolute Gasteiger partial charge is 0.185 e. The molecule has 1 aliphatic rings. The molecule has 8 heteroatoms. The van der Waals surface area contributed by atoms with Gasteiger partial charge in [0.15, 0.2) is 5.16 Å². The summed E-state index contributed by atoms with van der Waals surface area (Å²) >= 11 is 7.73. The first kappa shape index (κ1) is 17.5. The van der Waals surface area contributed by atoms with Crippen molar-refractivity contribution in [2.75, 3.05) is 6.26 Å². The minimum Gasteiger partial charge on any atom is -0.354 e. The zero-order valence-corrected chi connectivity index (χ0v) is 15.3. The molecule has 0 bridgehead atoms. The summed E-state index contributed by atoms with van der Waals surface area (Å²) in [6, 6.07) is 10.8. The van der Waals surface area contributed by atoms with Crippen LogP contribution in [0.1, 0.15) is 17.2 Å². The largest absolute Gasteiger partial charge is 0.354 e. The average Bonchev–Trinajstić information content (AvgIpc) is 3.14. The van der Waals surface area contributed by atoms with Gasteiger partial charge in [0.1, 0.15) is 29.7 Å². The van der Waals surface area contributed by atoms with Gasteiger partial charge in [0.05, 0.1) is 6.54 Å². The van der Waals surface area contributed by atoms with E-state index < -0.39 is 23.3 Å². The predicted molar refractivity (Wildman–Crippen MR) is 95.1 cm³/mol. The summed E-state index contributed by atoms with van der Waals surface area (Å²) in [5, 5.41) is 5.42. The highest BCUT2D eigenvalue weighted by Gasteiger charge is 2.61. The topological polar surface area (TPSA) is 43.2 Å². The van der Waals surface area contributed by atoms with Gasteiger partial charge in [-0.1, -0.05) is 47.6 Å². The molecule has 0 unspecified atom stereocenters. The molecule has 4 rings (SSSR count). The fourth-order valence-corrected chi connectivity index (χ4v) is 3.87. The number of rotatable bonds is 5. The van der Waals surface area contributed by atoms with E-state index >= 15 is 0 Å². The third kappa shape index (κ3) is 2.90. The van der Waals surface area contributed by atoms with Crippen molar-refractivity contribution in [1.29, 1.82) is 0 Å². The molecule has 1 saturated heterocycles. The standard InChI is InChI=1S/C18H14ClF2N3OS/c1-26-17-22-10-23-24(17)9-18(13-7-6-11(20)8-15(13)21)16(25-18)12-4-2-3-5-14(12)19/h2-8,10,16H,9H2,1H3/t16-,18-/m1/s1. The number of halogens is 3. The normalized spacial score (nSPS) is 21.8. The Morgan fingerprint density at radius 2 is 2.08 bits per heavy atom. The Bertz CT molecular complexity index is 967. The number of ether oxygens (including phenoxy) is 1. The fraction of sp³-hybridized carbons (Fsp3) is 0.222. The van der Waals surface area contributed by atoms with E-state index in [0.29, 0.717) is 10.2 Å². The van der Waals surface area contributed by atoms with Gasteiger partial charge in [-0.3, -0.25) is 0 Å². The molecule has 0 N–H and O–H groups in total. The maximum absolute atomic E-state index is 14.6. The minimum atomic E-state index is -1.03. The first-order valence-corrected chi connectivity index (χ1v) is 9.45. The summed E-state index contributed by atoms with van der Waals surface area (Å²) in [6.45, 7) is 0.238. The molecule has 0 radical (unpaired) electrons.